The van der Waals surface area contributed by atoms with E-state index in [9.17, 15) is 9.18 Å². The second kappa shape index (κ2) is 6.67. The van der Waals surface area contributed by atoms with Gasteiger partial charge in [-0.3, -0.25) is 19.4 Å². The van der Waals surface area contributed by atoms with Crippen molar-refractivity contribution >= 4 is 17.2 Å². The number of hydrogen-bond donors (Lipinski definition) is 0. The summed E-state index contributed by atoms with van der Waals surface area (Å²) in [5.74, 6) is 0.149. The summed E-state index contributed by atoms with van der Waals surface area (Å²) >= 11 is 1.37. The van der Waals surface area contributed by atoms with Crippen molar-refractivity contribution < 1.29 is 9.18 Å². The van der Waals surface area contributed by atoms with Crippen LogP contribution in [0.5, 0.6) is 0 Å². The Kier molecular flexibility index (Phi) is 4.22. The van der Waals surface area contributed by atoms with Crippen LogP contribution in [0.3, 0.4) is 0 Å². The van der Waals surface area contributed by atoms with Crippen LogP contribution in [0, 0.1) is 11.7 Å². The second-order valence-corrected chi connectivity index (χ2v) is 6.85. The maximum atomic E-state index is 12.9. The van der Waals surface area contributed by atoms with Crippen LogP contribution >= 0.6 is 11.3 Å². The molecule has 0 radical (unpaired) electrons. The first kappa shape index (κ1) is 15.8. The average molecular weight is 358 g/mol. The third-order valence-electron chi connectivity index (χ3n) is 4.18. The molecule has 128 valence electrons. The van der Waals surface area contributed by atoms with E-state index >= 15 is 0 Å². The molecule has 1 fully saturated rings. The number of nitrogens with zero attached hydrogens (tertiary/aromatic N) is 6. The molecule has 4 rings (SSSR count). The van der Waals surface area contributed by atoms with Gasteiger partial charge in [-0.05, 0) is 24.5 Å². The van der Waals surface area contributed by atoms with Crippen molar-refractivity contribution in [2.45, 2.75) is 13.0 Å². The van der Waals surface area contributed by atoms with Crippen molar-refractivity contribution in [2.24, 2.45) is 5.92 Å². The highest BCUT2D eigenvalue weighted by molar-refractivity contribution is 7.11. The maximum Gasteiger partial charge on any atom is 0.265 e. The lowest BCUT2D eigenvalue weighted by atomic mass is 9.96. The number of carbonyl (C=O) groups is 1. The number of carbonyl (C=O) groups excluding carboxylic acids is 1. The van der Waals surface area contributed by atoms with E-state index in [4.69, 9.17) is 0 Å². The number of halogens is 1. The molecule has 3 aromatic rings. The van der Waals surface area contributed by atoms with Gasteiger partial charge in [0.15, 0.2) is 0 Å². The Labute approximate surface area is 147 Å². The summed E-state index contributed by atoms with van der Waals surface area (Å²) in [6, 6.07) is 2.93. The Bertz CT molecular complexity index is 857. The number of amides is 1. The maximum absolute atomic E-state index is 12.9. The smallest absolute Gasteiger partial charge is 0.265 e. The van der Waals surface area contributed by atoms with E-state index in [1.807, 2.05) is 4.90 Å². The van der Waals surface area contributed by atoms with Crippen LogP contribution in [0.15, 0.2) is 36.2 Å². The molecule has 0 unspecified atom stereocenters. The van der Waals surface area contributed by atoms with Gasteiger partial charge in [0, 0.05) is 19.6 Å². The number of aromatic nitrogens is 5. The molecule has 1 saturated heterocycles. The van der Waals surface area contributed by atoms with Gasteiger partial charge in [-0.15, -0.1) is 16.4 Å². The molecule has 0 N–H and O–H groups in total. The minimum absolute atomic E-state index is 0.0594. The molecule has 0 atom stereocenters. The lowest BCUT2D eigenvalue weighted by Gasteiger charge is -2.39. The van der Waals surface area contributed by atoms with Gasteiger partial charge in [0.25, 0.3) is 5.91 Å². The van der Waals surface area contributed by atoms with Gasteiger partial charge in [-0.1, -0.05) is 5.21 Å². The van der Waals surface area contributed by atoms with Crippen LogP contribution in [-0.2, 0) is 6.54 Å². The summed E-state index contributed by atoms with van der Waals surface area (Å²) in [6.45, 7) is 2.25. The molecule has 1 aliphatic rings. The predicted octanol–water partition coefficient (Wildman–Crippen LogP) is 2.10. The molecule has 0 spiro atoms. The highest BCUT2D eigenvalue weighted by Crippen LogP contribution is 2.23. The zero-order chi connectivity index (χ0) is 17.2. The first-order valence-electron chi connectivity index (χ1n) is 7.89. The fourth-order valence-electron chi connectivity index (χ4n) is 2.76. The van der Waals surface area contributed by atoms with Crippen LogP contribution in [-0.4, -0.2) is 48.9 Å². The SMILES string of the molecule is O=C(c1cncs1)N1CC(CCn2cc(-c3ccc(F)cn3)nn2)C1. The van der Waals surface area contributed by atoms with E-state index in [-0.39, 0.29) is 11.7 Å². The normalized spacial score (nSPS) is 14.5. The molecule has 1 amide bonds. The van der Waals surface area contributed by atoms with Crippen LogP contribution in [0.25, 0.3) is 11.4 Å². The van der Waals surface area contributed by atoms with Crippen LogP contribution < -0.4 is 0 Å². The summed E-state index contributed by atoms with van der Waals surface area (Å²) in [4.78, 5) is 22.6. The topological polar surface area (TPSA) is 76.8 Å². The fraction of sp³-hybridized carbons (Fsp3) is 0.312. The van der Waals surface area contributed by atoms with E-state index in [0.29, 0.717) is 22.2 Å². The van der Waals surface area contributed by atoms with E-state index in [0.717, 1.165) is 32.3 Å². The predicted molar refractivity (Wildman–Crippen MR) is 89.3 cm³/mol. The number of pyridine rings is 1. The molecular formula is C16H15FN6OS. The van der Waals surface area contributed by atoms with E-state index in [1.165, 1.54) is 17.4 Å². The Hall–Kier alpha value is -2.68. The molecule has 7 nitrogen and oxygen atoms in total. The first-order valence-corrected chi connectivity index (χ1v) is 8.77. The molecular weight excluding hydrogens is 343 g/mol. The van der Waals surface area contributed by atoms with Crippen LogP contribution in [0.1, 0.15) is 16.1 Å². The number of likely N-dealkylation sites (tertiary alicyclic amines) is 1. The third kappa shape index (κ3) is 3.41. The Balaban J connectivity index is 1.27. The summed E-state index contributed by atoms with van der Waals surface area (Å²) < 4.78 is 14.7. The Morgan fingerprint density at radius 3 is 2.88 bits per heavy atom. The summed E-state index contributed by atoms with van der Waals surface area (Å²) in [7, 11) is 0. The summed E-state index contributed by atoms with van der Waals surface area (Å²) in [6.07, 6.45) is 5.50. The summed E-state index contributed by atoms with van der Waals surface area (Å²) in [5, 5.41) is 8.16. The van der Waals surface area contributed by atoms with Gasteiger partial charge in [0.2, 0.25) is 0 Å². The molecule has 4 heterocycles. The summed E-state index contributed by atoms with van der Waals surface area (Å²) in [5.41, 5.74) is 2.89. The van der Waals surface area contributed by atoms with Crippen LogP contribution in [0.2, 0.25) is 0 Å². The van der Waals surface area contributed by atoms with Crippen molar-refractivity contribution in [3.8, 4) is 11.4 Å². The van der Waals surface area contributed by atoms with Gasteiger partial charge in [0.1, 0.15) is 16.4 Å². The van der Waals surface area contributed by atoms with Gasteiger partial charge < -0.3 is 4.90 Å². The molecule has 0 aromatic carbocycles. The molecule has 0 aliphatic carbocycles. The van der Waals surface area contributed by atoms with Crippen LogP contribution in [0.4, 0.5) is 4.39 Å². The second-order valence-electron chi connectivity index (χ2n) is 5.96. The molecule has 9 heteroatoms. The van der Waals surface area contributed by atoms with Gasteiger partial charge in [-0.2, -0.15) is 0 Å². The largest absolute Gasteiger partial charge is 0.337 e. The first-order chi connectivity index (χ1) is 12.2. The van der Waals surface area contributed by atoms with Gasteiger partial charge >= 0.3 is 0 Å². The standard InChI is InChI=1S/C16H15FN6OS/c17-12-1-2-13(19-5-12)14-9-23(21-20-14)4-3-11-7-22(8-11)16(24)15-6-18-10-25-15/h1-2,5-6,9-11H,3-4,7-8H2. The van der Waals surface area contributed by atoms with Crippen molar-refractivity contribution in [2.75, 3.05) is 13.1 Å². The monoisotopic (exact) mass is 358 g/mol. The van der Waals surface area contributed by atoms with E-state index in [2.05, 4.69) is 20.3 Å². The fourth-order valence-corrected chi connectivity index (χ4v) is 3.35. The molecule has 3 aromatic heterocycles. The van der Waals surface area contributed by atoms with Crippen molar-refractivity contribution in [3.63, 3.8) is 0 Å². The average Bonchev–Trinajstić information content (AvgIpc) is 3.26. The van der Waals surface area contributed by atoms with Gasteiger partial charge in [0.05, 0.1) is 29.8 Å². The molecule has 0 saturated carbocycles. The van der Waals surface area contributed by atoms with Crippen molar-refractivity contribution in [3.05, 3.63) is 46.9 Å². The number of aryl methyl sites for hydroxylation is 1. The zero-order valence-electron chi connectivity index (χ0n) is 13.2. The quantitative estimate of drug-likeness (QED) is 0.698. The highest BCUT2D eigenvalue weighted by atomic mass is 32.1. The zero-order valence-corrected chi connectivity index (χ0v) is 14.1. The lowest BCUT2D eigenvalue weighted by molar-refractivity contribution is 0.0480. The third-order valence-corrected chi connectivity index (χ3v) is 4.94. The molecule has 0 bridgehead atoms. The lowest BCUT2D eigenvalue weighted by Crippen LogP contribution is -2.50. The number of hydrogen-bond acceptors (Lipinski definition) is 6. The minimum Gasteiger partial charge on any atom is -0.337 e. The van der Waals surface area contributed by atoms with E-state index < -0.39 is 0 Å². The highest BCUT2D eigenvalue weighted by Gasteiger charge is 2.31. The number of thiazole rings is 1. The minimum atomic E-state index is -0.376. The van der Waals surface area contributed by atoms with Crippen molar-refractivity contribution in [1.29, 1.82) is 0 Å². The Morgan fingerprint density at radius 1 is 1.28 bits per heavy atom. The molecule has 1 aliphatic heterocycles. The van der Waals surface area contributed by atoms with Gasteiger partial charge in [-0.25, -0.2) is 4.39 Å². The Morgan fingerprint density at radius 2 is 2.16 bits per heavy atom. The number of rotatable bonds is 5. The molecule has 25 heavy (non-hydrogen) atoms. The van der Waals surface area contributed by atoms with E-state index in [1.54, 1.807) is 28.7 Å². The van der Waals surface area contributed by atoms with Crippen molar-refractivity contribution in [1.82, 2.24) is 29.9 Å².